The van der Waals surface area contributed by atoms with Crippen molar-refractivity contribution < 1.29 is 8.42 Å². The molecule has 0 atom stereocenters. The van der Waals surface area contributed by atoms with Gasteiger partial charge < -0.3 is 0 Å². The lowest BCUT2D eigenvalue weighted by molar-refractivity contribution is 0.580. The lowest BCUT2D eigenvalue weighted by Crippen LogP contribution is -2.25. The van der Waals surface area contributed by atoms with Gasteiger partial charge in [-0.1, -0.05) is 18.2 Å². The number of benzene rings is 1. The number of pyridine rings is 1. The van der Waals surface area contributed by atoms with Gasteiger partial charge in [0.25, 0.3) is 0 Å². The average molecular weight is 489 g/mol. The van der Waals surface area contributed by atoms with E-state index in [-0.39, 0.29) is 17.7 Å². The number of nitrogens with zero attached hydrogens (tertiary/aromatic N) is 4. The van der Waals surface area contributed by atoms with Crippen LogP contribution in [-0.2, 0) is 29.4 Å². The Hall–Kier alpha value is -3.89. The minimum absolute atomic E-state index is 0.152. The van der Waals surface area contributed by atoms with Crippen molar-refractivity contribution in [2.45, 2.75) is 26.1 Å². The van der Waals surface area contributed by atoms with Gasteiger partial charge in [-0.2, -0.15) is 10.2 Å². The SMILES string of the molecule is Cc1n[nH]c(C)c1CNS(=O)(=O)Cc1ccc2ccc3ncc(-c4cnn(C)c4)cc3c(=O)c2c1. The largest absolute Gasteiger partial charge is 0.289 e. The van der Waals surface area contributed by atoms with E-state index in [1.807, 2.05) is 39.2 Å². The van der Waals surface area contributed by atoms with Crippen molar-refractivity contribution >= 4 is 31.7 Å². The maximum atomic E-state index is 13.5. The number of aryl methyl sites for hydroxylation is 3. The molecule has 0 aliphatic rings. The number of fused-ring (bicyclic) bond motifs is 2. The van der Waals surface area contributed by atoms with Crippen molar-refractivity contribution in [1.29, 1.82) is 0 Å². The number of aromatic amines is 1. The minimum atomic E-state index is -3.64. The van der Waals surface area contributed by atoms with Crippen LogP contribution in [0.2, 0.25) is 0 Å². The molecule has 0 spiro atoms. The molecule has 5 aromatic rings. The van der Waals surface area contributed by atoms with Gasteiger partial charge in [-0.25, -0.2) is 13.1 Å². The van der Waals surface area contributed by atoms with Crippen LogP contribution in [0.1, 0.15) is 22.5 Å². The molecule has 2 aromatic carbocycles. The highest BCUT2D eigenvalue weighted by atomic mass is 32.2. The smallest absolute Gasteiger partial charge is 0.216 e. The highest BCUT2D eigenvalue weighted by molar-refractivity contribution is 7.88. The number of nitrogens with one attached hydrogen (secondary N) is 2. The third-order valence-electron chi connectivity index (χ3n) is 6.09. The predicted octanol–water partition coefficient (Wildman–Crippen LogP) is 3.11. The van der Waals surface area contributed by atoms with E-state index in [4.69, 9.17) is 0 Å². The Kier molecular flexibility index (Phi) is 5.70. The summed E-state index contributed by atoms with van der Waals surface area (Å²) in [6.45, 7) is 3.83. The van der Waals surface area contributed by atoms with E-state index < -0.39 is 10.0 Å². The molecule has 0 bridgehead atoms. The Morgan fingerprint density at radius 1 is 1.03 bits per heavy atom. The van der Waals surface area contributed by atoms with Gasteiger partial charge in [-0.15, -0.1) is 0 Å². The third-order valence-corrected chi connectivity index (χ3v) is 7.39. The molecule has 0 saturated heterocycles. The van der Waals surface area contributed by atoms with Crippen molar-refractivity contribution in [1.82, 2.24) is 29.7 Å². The van der Waals surface area contributed by atoms with E-state index in [1.54, 1.807) is 41.3 Å². The zero-order valence-electron chi connectivity index (χ0n) is 19.5. The van der Waals surface area contributed by atoms with Gasteiger partial charge in [0.05, 0.1) is 23.2 Å². The number of aromatic nitrogens is 5. The van der Waals surface area contributed by atoms with Gasteiger partial charge in [-0.3, -0.25) is 19.6 Å². The standard InChI is InChI=1S/C25H24N6O3S/c1-15-23(16(2)30-29-15)12-28-35(33,34)14-17-4-5-18-6-7-24-22(25(32)21(18)8-17)9-19(10-26-24)20-11-27-31(3)13-20/h4-11,13,28H,12,14H2,1-3H3,(H,29,30). The molecule has 5 rings (SSSR count). The highest BCUT2D eigenvalue weighted by Crippen LogP contribution is 2.22. The molecule has 0 saturated carbocycles. The first-order valence-electron chi connectivity index (χ1n) is 11.0. The zero-order chi connectivity index (χ0) is 24.7. The van der Waals surface area contributed by atoms with E-state index in [1.165, 1.54) is 0 Å². The monoisotopic (exact) mass is 488 g/mol. The van der Waals surface area contributed by atoms with Crippen LogP contribution in [-0.4, -0.2) is 33.4 Å². The number of H-pyrrole nitrogens is 1. The van der Waals surface area contributed by atoms with E-state index in [0.717, 1.165) is 33.5 Å². The number of hydrogen-bond acceptors (Lipinski definition) is 6. The summed E-state index contributed by atoms with van der Waals surface area (Å²) < 4.78 is 29.9. The molecule has 0 radical (unpaired) electrons. The molecular formula is C25H24N6O3S. The fraction of sp³-hybridized carbons (Fsp3) is 0.200. The molecule has 0 aliphatic carbocycles. The first-order valence-corrected chi connectivity index (χ1v) is 12.7. The van der Waals surface area contributed by atoms with Crippen LogP contribution in [0.5, 0.6) is 0 Å². The second kappa shape index (κ2) is 8.71. The molecule has 0 amide bonds. The van der Waals surface area contributed by atoms with Gasteiger partial charge >= 0.3 is 0 Å². The summed E-state index contributed by atoms with van der Waals surface area (Å²) in [5.74, 6) is -0.242. The van der Waals surface area contributed by atoms with Crippen molar-refractivity contribution in [2.75, 3.05) is 0 Å². The number of rotatable bonds is 6. The van der Waals surface area contributed by atoms with Crippen LogP contribution >= 0.6 is 0 Å². The first kappa shape index (κ1) is 22.9. The summed E-state index contributed by atoms with van der Waals surface area (Å²) in [5.41, 5.74) is 4.95. The summed E-state index contributed by atoms with van der Waals surface area (Å²) in [5, 5.41) is 12.8. The number of hydrogen-bond donors (Lipinski definition) is 2. The van der Waals surface area contributed by atoms with Crippen LogP contribution in [0.25, 0.3) is 32.8 Å². The Morgan fingerprint density at radius 2 is 1.83 bits per heavy atom. The van der Waals surface area contributed by atoms with Crippen molar-refractivity contribution in [3.63, 3.8) is 0 Å². The van der Waals surface area contributed by atoms with E-state index in [2.05, 4.69) is 25.0 Å². The molecule has 0 aliphatic heterocycles. The van der Waals surface area contributed by atoms with Gasteiger partial charge in [0.1, 0.15) is 0 Å². The minimum Gasteiger partial charge on any atom is -0.289 e. The summed E-state index contributed by atoms with van der Waals surface area (Å²) in [4.78, 5) is 18.0. The summed E-state index contributed by atoms with van der Waals surface area (Å²) in [6.07, 6.45) is 5.30. The Labute approximate surface area is 201 Å². The molecule has 10 heteroatoms. The lowest BCUT2D eigenvalue weighted by Gasteiger charge is -2.08. The lowest BCUT2D eigenvalue weighted by atomic mass is 10.1. The van der Waals surface area contributed by atoms with E-state index >= 15 is 0 Å². The average Bonchev–Trinajstić information content (AvgIpc) is 3.36. The zero-order valence-corrected chi connectivity index (χ0v) is 20.3. The van der Waals surface area contributed by atoms with Crippen molar-refractivity contribution in [3.05, 3.63) is 87.7 Å². The first-order chi connectivity index (χ1) is 16.7. The van der Waals surface area contributed by atoms with E-state index in [0.29, 0.717) is 21.9 Å². The second-order valence-electron chi connectivity index (χ2n) is 8.64. The molecule has 3 aromatic heterocycles. The van der Waals surface area contributed by atoms with Gasteiger partial charge in [-0.05, 0) is 43.0 Å². The molecule has 2 N–H and O–H groups in total. The number of sulfonamides is 1. The fourth-order valence-electron chi connectivity index (χ4n) is 4.15. The summed E-state index contributed by atoms with van der Waals surface area (Å²) in [6, 6.07) is 10.6. The van der Waals surface area contributed by atoms with Crippen LogP contribution in [0.15, 0.2) is 59.8 Å². The fourth-order valence-corrected chi connectivity index (χ4v) is 5.24. The van der Waals surface area contributed by atoms with E-state index in [9.17, 15) is 13.2 Å². The summed E-state index contributed by atoms with van der Waals surface area (Å²) >= 11 is 0. The summed E-state index contributed by atoms with van der Waals surface area (Å²) in [7, 11) is -1.82. The molecule has 0 unspecified atom stereocenters. The van der Waals surface area contributed by atoms with Crippen molar-refractivity contribution in [2.24, 2.45) is 7.05 Å². The molecule has 178 valence electrons. The van der Waals surface area contributed by atoms with Crippen LogP contribution in [0.3, 0.4) is 0 Å². The normalized spacial score (nSPS) is 12.0. The van der Waals surface area contributed by atoms with Crippen LogP contribution < -0.4 is 10.2 Å². The molecule has 35 heavy (non-hydrogen) atoms. The second-order valence-corrected chi connectivity index (χ2v) is 10.4. The van der Waals surface area contributed by atoms with Crippen LogP contribution in [0, 0.1) is 13.8 Å². The predicted molar refractivity (Wildman–Crippen MR) is 135 cm³/mol. The van der Waals surface area contributed by atoms with Gasteiger partial charge in [0.2, 0.25) is 10.0 Å². The Morgan fingerprint density at radius 3 is 2.54 bits per heavy atom. The maximum absolute atomic E-state index is 13.5. The Bertz CT molecular complexity index is 1740. The molecule has 9 nitrogen and oxygen atoms in total. The van der Waals surface area contributed by atoms with Crippen molar-refractivity contribution in [3.8, 4) is 11.1 Å². The topological polar surface area (TPSA) is 123 Å². The maximum Gasteiger partial charge on any atom is 0.216 e. The molecule has 0 fully saturated rings. The van der Waals surface area contributed by atoms with Gasteiger partial charge in [0.15, 0.2) is 5.43 Å². The quantitative estimate of drug-likeness (QED) is 0.379. The Balaban J connectivity index is 1.51. The molecule has 3 heterocycles. The molecular weight excluding hydrogens is 464 g/mol. The van der Waals surface area contributed by atoms with Crippen LogP contribution in [0.4, 0.5) is 0 Å². The third kappa shape index (κ3) is 4.58. The van der Waals surface area contributed by atoms with Gasteiger partial charge in [0, 0.05) is 59.1 Å². The highest BCUT2D eigenvalue weighted by Gasteiger charge is 2.15.